The second-order valence-electron chi connectivity index (χ2n) is 2.67. The van der Waals surface area contributed by atoms with Crippen LogP contribution in [0.3, 0.4) is 0 Å². The zero-order valence-electron chi connectivity index (χ0n) is 7.21. The molecule has 1 aromatic rings. The molecule has 0 aliphatic heterocycles. The first-order chi connectivity index (χ1) is 5.86. The quantitative estimate of drug-likeness (QED) is 0.669. The molecule has 1 amide bonds. The third kappa shape index (κ3) is 2.38. The summed E-state index contributed by atoms with van der Waals surface area (Å²) in [6.07, 6.45) is 1.76. The summed E-state index contributed by atoms with van der Waals surface area (Å²) in [6, 6.07) is 8.22. The lowest BCUT2D eigenvalue weighted by Gasteiger charge is -2.01. The molecule has 1 N–H and O–H groups in total. The van der Waals surface area contributed by atoms with Crippen molar-refractivity contribution in [3.8, 4) is 0 Å². The van der Waals surface area contributed by atoms with Crippen LogP contribution in [0.1, 0.15) is 18.1 Å². The van der Waals surface area contributed by atoms with Crippen LogP contribution in [0, 0.1) is 0 Å². The molecule has 0 saturated carbocycles. The summed E-state index contributed by atoms with van der Waals surface area (Å²) in [5.41, 5.74) is 2.46. The standard InChI is InChI=1S/C10H13NO/c1-2-9-4-3-5-10(6-9)7-11-8-12/h3-6,8H,2,7H2,1H3,(H,11,12). The number of rotatable bonds is 4. The molecular formula is C10H13NO. The Morgan fingerprint density at radius 3 is 2.83 bits per heavy atom. The van der Waals surface area contributed by atoms with Crippen LogP contribution in [0.15, 0.2) is 24.3 Å². The van der Waals surface area contributed by atoms with Gasteiger partial charge in [0.1, 0.15) is 0 Å². The minimum Gasteiger partial charge on any atom is -0.355 e. The van der Waals surface area contributed by atoms with Gasteiger partial charge >= 0.3 is 0 Å². The SMILES string of the molecule is CCc1cccc(CNC=O)c1. The van der Waals surface area contributed by atoms with Crippen molar-refractivity contribution in [2.24, 2.45) is 0 Å². The van der Waals surface area contributed by atoms with E-state index >= 15 is 0 Å². The van der Waals surface area contributed by atoms with Gasteiger partial charge in [-0.1, -0.05) is 31.2 Å². The summed E-state index contributed by atoms with van der Waals surface area (Å²) in [6.45, 7) is 2.74. The number of hydrogen-bond acceptors (Lipinski definition) is 1. The molecule has 0 saturated heterocycles. The van der Waals surface area contributed by atoms with Gasteiger partial charge in [0.05, 0.1) is 0 Å². The molecule has 1 rings (SSSR count). The third-order valence-electron chi connectivity index (χ3n) is 1.79. The van der Waals surface area contributed by atoms with Crippen molar-refractivity contribution >= 4 is 6.41 Å². The molecule has 1 aromatic carbocycles. The molecule has 0 heterocycles. The van der Waals surface area contributed by atoms with E-state index in [1.165, 1.54) is 5.56 Å². The fraction of sp³-hybridized carbons (Fsp3) is 0.300. The lowest BCUT2D eigenvalue weighted by Crippen LogP contribution is -2.09. The Bertz CT molecular complexity index is 258. The molecule has 0 aliphatic rings. The predicted molar refractivity (Wildman–Crippen MR) is 48.7 cm³/mol. The topological polar surface area (TPSA) is 29.1 Å². The molecule has 64 valence electrons. The second-order valence-corrected chi connectivity index (χ2v) is 2.67. The minimum atomic E-state index is 0.622. The van der Waals surface area contributed by atoms with Crippen LogP contribution in [0.4, 0.5) is 0 Å². The highest BCUT2D eigenvalue weighted by atomic mass is 16.1. The molecule has 0 atom stereocenters. The van der Waals surface area contributed by atoms with Crippen LogP contribution in [-0.4, -0.2) is 6.41 Å². The van der Waals surface area contributed by atoms with E-state index in [0.29, 0.717) is 6.54 Å². The maximum atomic E-state index is 10.0. The maximum absolute atomic E-state index is 10.0. The van der Waals surface area contributed by atoms with Gasteiger partial charge in [-0.25, -0.2) is 0 Å². The molecule has 0 unspecified atom stereocenters. The number of nitrogens with one attached hydrogen (secondary N) is 1. The van der Waals surface area contributed by atoms with E-state index in [2.05, 4.69) is 24.4 Å². The van der Waals surface area contributed by atoms with Crippen molar-refractivity contribution < 1.29 is 4.79 Å². The van der Waals surface area contributed by atoms with E-state index < -0.39 is 0 Å². The Balaban J connectivity index is 2.65. The van der Waals surface area contributed by atoms with E-state index in [1.807, 2.05) is 12.1 Å². The molecule has 0 radical (unpaired) electrons. The molecule has 0 spiro atoms. The highest BCUT2D eigenvalue weighted by Crippen LogP contribution is 2.04. The lowest BCUT2D eigenvalue weighted by molar-refractivity contribution is -0.109. The molecule has 0 bridgehead atoms. The van der Waals surface area contributed by atoms with Gasteiger partial charge in [0.15, 0.2) is 0 Å². The van der Waals surface area contributed by atoms with Gasteiger partial charge in [-0.05, 0) is 17.5 Å². The summed E-state index contributed by atoms with van der Waals surface area (Å²) in [5, 5.41) is 2.64. The molecule has 2 nitrogen and oxygen atoms in total. The Hall–Kier alpha value is -1.31. The summed E-state index contributed by atoms with van der Waals surface area (Å²) < 4.78 is 0. The smallest absolute Gasteiger partial charge is 0.207 e. The normalized spacial score (nSPS) is 9.42. The van der Waals surface area contributed by atoms with Crippen molar-refractivity contribution in [1.29, 1.82) is 0 Å². The number of carbonyl (C=O) groups is 1. The van der Waals surface area contributed by atoms with E-state index in [9.17, 15) is 4.79 Å². The molecular weight excluding hydrogens is 150 g/mol. The van der Waals surface area contributed by atoms with Crippen molar-refractivity contribution in [2.75, 3.05) is 0 Å². The third-order valence-corrected chi connectivity index (χ3v) is 1.79. The monoisotopic (exact) mass is 163 g/mol. The molecule has 0 aliphatic carbocycles. The van der Waals surface area contributed by atoms with Gasteiger partial charge in [0.2, 0.25) is 6.41 Å². The fourth-order valence-electron chi connectivity index (χ4n) is 1.12. The van der Waals surface area contributed by atoms with Crippen LogP contribution in [0.2, 0.25) is 0 Å². The van der Waals surface area contributed by atoms with Gasteiger partial charge in [-0.2, -0.15) is 0 Å². The Kier molecular flexibility index (Phi) is 3.33. The first kappa shape index (κ1) is 8.78. The molecule has 0 fully saturated rings. The largest absolute Gasteiger partial charge is 0.355 e. The van der Waals surface area contributed by atoms with Gasteiger partial charge < -0.3 is 5.32 Å². The summed E-state index contributed by atoms with van der Waals surface area (Å²) in [4.78, 5) is 10.0. The lowest BCUT2D eigenvalue weighted by atomic mass is 10.1. The second kappa shape index (κ2) is 4.54. The average Bonchev–Trinajstić information content (AvgIpc) is 2.15. The first-order valence-electron chi connectivity index (χ1n) is 4.11. The van der Waals surface area contributed by atoms with Gasteiger partial charge in [-0.15, -0.1) is 0 Å². The van der Waals surface area contributed by atoms with Crippen LogP contribution in [-0.2, 0) is 17.8 Å². The number of aryl methyl sites for hydroxylation is 1. The van der Waals surface area contributed by atoms with E-state index in [0.717, 1.165) is 18.4 Å². The molecule has 12 heavy (non-hydrogen) atoms. The summed E-state index contributed by atoms with van der Waals surface area (Å²) in [5.74, 6) is 0. The Labute approximate surface area is 72.6 Å². The van der Waals surface area contributed by atoms with E-state index in [-0.39, 0.29) is 0 Å². The average molecular weight is 163 g/mol. The minimum absolute atomic E-state index is 0.622. The van der Waals surface area contributed by atoms with Crippen molar-refractivity contribution in [3.63, 3.8) is 0 Å². The Morgan fingerprint density at radius 1 is 1.42 bits per heavy atom. The van der Waals surface area contributed by atoms with Crippen molar-refractivity contribution in [2.45, 2.75) is 19.9 Å². The molecule has 0 aromatic heterocycles. The highest BCUT2D eigenvalue weighted by molar-refractivity contribution is 5.46. The van der Waals surface area contributed by atoms with Crippen LogP contribution < -0.4 is 5.32 Å². The molecule has 2 heteroatoms. The predicted octanol–water partition coefficient (Wildman–Crippen LogP) is 1.49. The van der Waals surface area contributed by atoms with Crippen LogP contribution in [0.25, 0.3) is 0 Å². The van der Waals surface area contributed by atoms with Gasteiger partial charge in [0.25, 0.3) is 0 Å². The van der Waals surface area contributed by atoms with Crippen molar-refractivity contribution in [3.05, 3.63) is 35.4 Å². The maximum Gasteiger partial charge on any atom is 0.207 e. The number of benzene rings is 1. The zero-order chi connectivity index (χ0) is 8.81. The highest BCUT2D eigenvalue weighted by Gasteiger charge is 1.92. The summed E-state index contributed by atoms with van der Waals surface area (Å²) in [7, 11) is 0. The van der Waals surface area contributed by atoms with Gasteiger partial charge in [-0.3, -0.25) is 4.79 Å². The van der Waals surface area contributed by atoms with Crippen LogP contribution >= 0.6 is 0 Å². The summed E-state index contributed by atoms with van der Waals surface area (Å²) >= 11 is 0. The number of carbonyl (C=O) groups excluding carboxylic acids is 1. The van der Waals surface area contributed by atoms with Crippen LogP contribution in [0.5, 0.6) is 0 Å². The van der Waals surface area contributed by atoms with Crippen molar-refractivity contribution in [1.82, 2.24) is 5.32 Å². The number of hydrogen-bond donors (Lipinski definition) is 1. The fourth-order valence-corrected chi connectivity index (χ4v) is 1.12. The first-order valence-corrected chi connectivity index (χ1v) is 4.11. The van der Waals surface area contributed by atoms with E-state index in [1.54, 1.807) is 0 Å². The Morgan fingerprint density at radius 2 is 2.17 bits per heavy atom. The van der Waals surface area contributed by atoms with E-state index in [4.69, 9.17) is 0 Å². The number of amides is 1. The zero-order valence-corrected chi connectivity index (χ0v) is 7.21. The van der Waals surface area contributed by atoms with Gasteiger partial charge in [0, 0.05) is 6.54 Å².